The second-order valence-electron chi connectivity index (χ2n) is 2.38. The van der Waals surface area contributed by atoms with Crippen LogP contribution < -0.4 is 4.74 Å². The number of ether oxygens (including phenoxy) is 1. The van der Waals surface area contributed by atoms with Crippen LogP contribution in [0.4, 0.5) is 4.39 Å². The van der Waals surface area contributed by atoms with Gasteiger partial charge in [-0.2, -0.15) is 0 Å². The first-order valence-corrected chi connectivity index (χ1v) is 3.64. The predicted molar refractivity (Wildman–Crippen MR) is 44.8 cm³/mol. The van der Waals surface area contributed by atoms with Crippen LogP contribution in [0.15, 0.2) is 23.2 Å². The number of carbonyl (C=O) groups excluding carboxylic acids is 1. The summed E-state index contributed by atoms with van der Waals surface area (Å²) in [5.41, 5.74) is 0.710. The van der Waals surface area contributed by atoms with Crippen molar-refractivity contribution in [3.63, 3.8) is 0 Å². The number of hydrogen-bond donors (Lipinski definition) is 0. The Kier molecular flexibility index (Phi) is 3.17. The minimum atomic E-state index is -0.429. The lowest BCUT2D eigenvalue weighted by atomic mass is 10.2. The van der Waals surface area contributed by atoms with Gasteiger partial charge in [0.05, 0.1) is 13.7 Å². The average Bonchev–Trinajstić information content (AvgIpc) is 2.16. The monoisotopic (exact) mass is 181 g/mol. The molecule has 0 spiro atoms. The number of aliphatic imine (C=N–C) groups is 1. The maximum atomic E-state index is 12.9. The maximum absolute atomic E-state index is 12.9. The molecule has 0 aliphatic carbocycles. The molecular weight excluding hydrogens is 173 g/mol. The topological polar surface area (TPSA) is 38.7 Å². The molecule has 0 heterocycles. The van der Waals surface area contributed by atoms with Crippen molar-refractivity contribution in [2.45, 2.75) is 6.54 Å². The lowest BCUT2D eigenvalue weighted by Gasteiger charge is -2.02. The van der Waals surface area contributed by atoms with Gasteiger partial charge < -0.3 is 4.74 Å². The van der Waals surface area contributed by atoms with Crippen LogP contribution in [0.2, 0.25) is 0 Å². The Balaban J connectivity index is 2.92. The molecule has 0 unspecified atom stereocenters. The van der Waals surface area contributed by atoms with Crippen LogP contribution in [0, 0.1) is 5.82 Å². The highest BCUT2D eigenvalue weighted by molar-refractivity contribution is 5.35. The molecule has 3 nitrogen and oxygen atoms in total. The molecule has 0 aromatic heterocycles. The minimum Gasteiger partial charge on any atom is -0.494 e. The van der Waals surface area contributed by atoms with E-state index in [4.69, 9.17) is 4.74 Å². The van der Waals surface area contributed by atoms with E-state index in [-0.39, 0.29) is 12.3 Å². The van der Waals surface area contributed by atoms with Crippen molar-refractivity contribution in [1.29, 1.82) is 0 Å². The van der Waals surface area contributed by atoms with Gasteiger partial charge >= 0.3 is 0 Å². The molecular formula is C9H8FNO2. The summed E-state index contributed by atoms with van der Waals surface area (Å²) in [6, 6.07) is 4.31. The van der Waals surface area contributed by atoms with Gasteiger partial charge in [-0.05, 0) is 17.7 Å². The molecule has 0 saturated carbocycles. The molecule has 0 radical (unpaired) electrons. The fourth-order valence-corrected chi connectivity index (χ4v) is 0.926. The minimum absolute atomic E-state index is 0.151. The molecule has 0 bridgehead atoms. The van der Waals surface area contributed by atoms with Crippen LogP contribution in [-0.2, 0) is 11.3 Å². The maximum Gasteiger partial charge on any atom is 0.235 e. The van der Waals surface area contributed by atoms with Crippen molar-refractivity contribution in [2.24, 2.45) is 4.99 Å². The smallest absolute Gasteiger partial charge is 0.235 e. The van der Waals surface area contributed by atoms with Crippen molar-refractivity contribution >= 4 is 6.08 Å². The second kappa shape index (κ2) is 4.38. The molecule has 13 heavy (non-hydrogen) atoms. The molecule has 0 aliphatic heterocycles. The fourth-order valence-electron chi connectivity index (χ4n) is 0.926. The van der Waals surface area contributed by atoms with Gasteiger partial charge in [-0.15, -0.1) is 0 Å². The first kappa shape index (κ1) is 9.42. The molecule has 0 fully saturated rings. The number of rotatable bonds is 3. The van der Waals surface area contributed by atoms with Crippen LogP contribution in [0.1, 0.15) is 5.56 Å². The summed E-state index contributed by atoms with van der Waals surface area (Å²) in [6.07, 6.45) is 1.41. The van der Waals surface area contributed by atoms with Gasteiger partial charge in [0.2, 0.25) is 6.08 Å². The van der Waals surface area contributed by atoms with E-state index in [0.29, 0.717) is 5.56 Å². The van der Waals surface area contributed by atoms with E-state index in [2.05, 4.69) is 4.99 Å². The molecule has 0 atom stereocenters. The summed E-state index contributed by atoms with van der Waals surface area (Å²) < 4.78 is 17.6. The number of nitrogens with zero attached hydrogens (tertiary/aromatic N) is 1. The summed E-state index contributed by atoms with van der Waals surface area (Å²) in [4.78, 5) is 13.2. The number of benzene rings is 1. The molecule has 0 saturated heterocycles. The Morgan fingerprint density at radius 3 is 3.00 bits per heavy atom. The van der Waals surface area contributed by atoms with Gasteiger partial charge in [0, 0.05) is 0 Å². The van der Waals surface area contributed by atoms with E-state index in [1.165, 1.54) is 25.3 Å². The number of isocyanates is 1. The summed E-state index contributed by atoms with van der Waals surface area (Å²) in [5, 5.41) is 0. The molecule has 1 rings (SSSR count). The number of hydrogen-bond acceptors (Lipinski definition) is 3. The molecule has 4 heteroatoms. The highest BCUT2D eigenvalue weighted by Gasteiger charge is 2.02. The quantitative estimate of drug-likeness (QED) is 0.525. The zero-order valence-corrected chi connectivity index (χ0v) is 7.08. The predicted octanol–water partition coefficient (Wildman–Crippen LogP) is 1.67. The highest BCUT2D eigenvalue weighted by atomic mass is 19.1. The van der Waals surface area contributed by atoms with E-state index in [1.807, 2.05) is 0 Å². The average molecular weight is 181 g/mol. The van der Waals surface area contributed by atoms with Crippen molar-refractivity contribution in [2.75, 3.05) is 7.11 Å². The molecule has 68 valence electrons. The van der Waals surface area contributed by atoms with Gasteiger partial charge in [-0.1, -0.05) is 6.07 Å². The van der Waals surface area contributed by atoms with Crippen LogP contribution in [0.5, 0.6) is 5.75 Å². The van der Waals surface area contributed by atoms with E-state index in [9.17, 15) is 9.18 Å². The highest BCUT2D eigenvalue weighted by Crippen LogP contribution is 2.18. The third-order valence-corrected chi connectivity index (χ3v) is 1.54. The zero-order chi connectivity index (χ0) is 9.68. The molecule has 0 aliphatic rings. The lowest BCUT2D eigenvalue weighted by Crippen LogP contribution is -1.90. The van der Waals surface area contributed by atoms with E-state index >= 15 is 0 Å². The zero-order valence-electron chi connectivity index (χ0n) is 7.08. The van der Waals surface area contributed by atoms with E-state index < -0.39 is 5.82 Å². The summed E-state index contributed by atoms with van der Waals surface area (Å²) >= 11 is 0. The Bertz CT molecular complexity index is 345. The van der Waals surface area contributed by atoms with E-state index in [1.54, 1.807) is 6.07 Å². The largest absolute Gasteiger partial charge is 0.494 e. The van der Waals surface area contributed by atoms with Gasteiger partial charge in [-0.25, -0.2) is 14.2 Å². The normalized spacial score (nSPS) is 9.08. The summed E-state index contributed by atoms with van der Waals surface area (Å²) in [5.74, 6) is -0.278. The van der Waals surface area contributed by atoms with E-state index in [0.717, 1.165) is 0 Å². The standard InChI is InChI=1S/C9H8FNO2/c1-13-9-4-7(5-11-6-12)2-3-8(9)10/h2-4H,5H2,1H3. The van der Waals surface area contributed by atoms with Gasteiger partial charge in [0.15, 0.2) is 11.6 Å². The summed E-state index contributed by atoms with van der Waals surface area (Å²) in [7, 11) is 1.38. The molecule has 0 amide bonds. The van der Waals surface area contributed by atoms with Crippen molar-refractivity contribution in [1.82, 2.24) is 0 Å². The Labute approximate surface area is 74.9 Å². The van der Waals surface area contributed by atoms with Crippen molar-refractivity contribution in [3.8, 4) is 5.75 Å². The van der Waals surface area contributed by atoms with Crippen LogP contribution in [-0.4, -0.2) is 13.2 Å². The fraction of sp³-hybridized carbons (Fsp3) is 0.222. The van der Waals surface area contributed by atoms with Crippen LogP contribution in [0.25, 0.3) is 0 Å². The van der Waals surface area contributed by atoms with Crippen molar-refractivity contribution < 1.29 is 13.9 Å². The second-order valence-corrected chi connectivity index (χ2v) is 2.38. The SMILES string of the molecule is COc1cc(CN=C=O)ccc1F. The third-order valence-electron chi connectivity index (χ3n) is 1.54. The van der Waals surface area contributed by atoms with Gasteiger partial charge in [-0.3, -0.25) is 0 Å². The number of methoxy groups -OCH3 is 1. The number of halogens is 1. The molecule has 1 aromatic carbocycles. The Morgan fingerprint density at radius 1 is 1.62 bits per heavy atom. The first-order chi connectivity index (χ1) is 6.27. The first-order valence-electron chi connectivity index (χ1n) is 3.64. The molecule has 1 aromatic rings. The lowest BCUT2D eigenvalue weighted by molar-refractivity contribution is 0.386. The molecule has 0 N–H and O–H groups in total. The van der Waals surface area contributed by atoms with Gasteiger partial charge in [0.1, 0.15) is 0 Å². The van der Waals surface area contributed by atoms with Crippen molar-refractivity contribution in [3.05, 3.63) is 29.6 Å². The summed E-state index contributed by atoms with van der Waals surface area (Å²) in [6.45, 7) is 0.195. The van der Waals surface area contributed by atoms with Crippen LogP contribution in [0.3, 0.4) is 0 Å². The van der Waals surface area contributed by atoms with Gasteiger partial charge in [0.25, 0.3) is 0 Å². The third kappa shape index (κ3) is 2.39. The van der Waals surface area contributed by atoms with Crippen LogP contribution >= 0.6 is 0 Å². The Hall–Kier alpha value is -1.67. The Morgan fingerprint density at radius 2 is 2.38 bits per heavy atom.